The smallest absolute Gasteiger partial charge is 0.410 e. The molecule has 6 atom stereocenters. The molecule has 11 nitrogen and oxygen atoms in total. The summed E-state index contributed by atoms with van der Waals surface area (Å²) in [5.41, 5.74) is -0.688. The van der Waals surface area contributed by atoms with Gasteiger partial charge >= 0.3 is 18.2 Å². The van der Waals surface area contributed by atoms with Gasteiger partial charge in [0.2, 0.25) is 0 Å². The number of amides is 2. The van der Waals surface area contributed by atoms with Crippen LogP contribution in [0.5, 0.6) is 0 Å². The second-order valence-corrected chi connectivity index (χ2v) is 12.5. The van der Waals surface area contributed by atoms with Crippen LogP contribution in [-0.2, 0) is 19.0 Å². The van der Waals surface area contributed by atoms with Gasteiger partial charge < -0.3 is 39.1 Å². The molecule has 0 saturated carbocycles. The minimum Gasteiger partial charge on any atom is -0.457 e. The molecule has 242 valence electrons. The molecule has 3 aliphatic heterocycles. The summed E-state index contributed by atoms with van der Waals surface area (Å²) in [4.78, 5) is 43.4. The van der Waals surface area contributed by atoms with Crippen LogP contribution in [-0.4, -0.2) is 120 Å². The van der Waals surface area contributed by atoms with Gasteiger partial charge in [-0.25, -0.2) is 9.59 Å². The second kappa shape index (κ2) is 16.3. The molecule has 2 amide bonds. The fourth-order valence-electron chi connectivity index (χ4n) is 5.36. The summed E-state index contributed by atoms with van der Waals surface area (Å²) in [7, 11) is 2.00. The lowest BCUT2D eigenvalue weighted by atomic mass is 9.89. The molecule has 0 aliphatic carbocycles. The summed E-state index contributed by atoms with van der Waals surface area (Å²) in [6, 6.07) is 0. The molecule has 11 heteroatoms. The first kappa shape index (κ1) is 34.6. The standard InChI is InChI=1S/C32H51N3O8/c1-23(22-41-30(38)34-15-6-7-16-34)9-8-10-24(2)29-25(3)11-12-27(42-31(39)35-19-17-33(5)18-20-35)32(4,40)14-13-26(36)21-28(37)43-29/h8-12,23,25-27,29,36,40H,6-7,13-22H2,1-5H3/b9-8+,12-11-,24-10+/t23-,25+,26-,27+,29-,32-/m1/s1. The maximum absolute atomic E-state index is 13.0. The Balaban J connectivity index is 1.71. The zero-order valence-electron chi connectivity index (χ0n) is 26.4. The molecule has 2 saturated heterocycles. The number of ether oxygens (including phenoxy) is 3. The van der Waals surface area contributed by atoms with Gasteiger partial charge in [-0.2, -0.15) is 0 Å². The van der Waals surface area contributed by atoms with E-state index >= 15 is 0 Å². The van der Waals surface area contributed by atoms with E-state index in [0.717, 1.165) is 44.6 Å². The summed E-state index contributed by atoms with van der Waals surface area (Å²) in [6.45, 7) is 11.6. The van der Waals surface area contributed by atoms with Crippen LogP contribution in [0.2, 0.25) is 0 Å². The third kappa shape index (κ3) is 11.0. The summed E-state index contributed by atoms with van der Waals surface area (Å²) in [5, 5.41) is 21.9. The Morgan fingerprint density at radius 3 is 2.44 bits per heavy atom. The first-order valence-corrected chi connectivity index (χ1v) is 15.5. The van der Waals surface area contributed by atoms with Gasteiger partial charge in [0.15, 0.2) is 6.10 Å². The Bertz CT molecular complexity index is 1030. The first-order valence-electron chi connectivity index (χ1n) is 15.5. The van der Waals surface area contributed by atoms with E-state index in [1.165, 1.54) is 0 Å². The molecule has 2 N–H and O–H groups in total. The molecule has 0 radical (unpaired) electrons. The van der Waals surface area contributed by atoms with E-state index in [1.54, 1.807) is 28.9 Å². The number of rotatable bonds is 6. The molecule has 0 unspecified atom stereocenters. The number of aliphatic hydroxyl groups is 2. The van der Waals surface area contributed by atoms with Crippen molar-refractivity contribution in [3.05, 3.63) is 36.0 Å². The van der Waals surface area contributed by atoms with E-state index in [2.05, 4.69) is 4.90 Å². The monoisotopic (exact) mass is 605 g/mol. The maximum Gasteiger partial charge on any atom is 0.410 e. The molecular weight excluding hydrogens is 554 g/mol. The lowest BCUT2D eigenvalue weighted by Crippen LogP contribution is -2.50. The lowest BCUT2D eigenvalue weighted by Gasteiger charge is -2.36. The van der Waals surface area contributed by atoms with Crippen LogP contribution in [0.25, 0.3) is 0 Å². The molecule has 3 aliphatic rings. The number of hydrogen-bond donors (Lipinski definition) is 2. The Morgan fingerprint density at radius 2 is 1.77 bits per heavy atom. The average Bonchev–Trinajstić information content (AvgIpc) is 3.50. The van der Waals surface area contributed by atoms with Crippen molar-refractivity contribution in [2.45, 2.75) is 83.7 Å². The van der Waals surface area contributed by atoms with Gasteiger partial charge in [-0.15, -0.1) is 0 Å². The van der Waals surface area contributed by atoms with Crippen molar-refractivity contribution in [1.29, 1.82) is 0 Å². The Labute approximate surface area is 256 Å². The van der Waals surface area contributed by atoms with Crippen molar-refractivity contribution in [2.75, 3.05) is 52.9 Å². The van der Waals surface area contributed by atoms with E-state index in [9.17, 15) is 24.6 Å². The highest BCUT2D eigenvalue weighted by Gasteiger charge is 2.36. The fraction of sp³-hybridized carbons (Fsp3) is 0.719. The van der Waals surface area contributed by atoms with Crippen LogP contribution in [0.1, 0.15) is 59.8 Å². The van der Waals surface area contributed by atoms with Crippen molar-refractivity contribution >= 4 is 18.2 Å². The number of likely N-dealkylation sites (tertiary alicyclic amines) is 1. The third-order valence-electron chi connectivity index (χ3n) is 8.40. The second-order valence-electron chi connectivity index (χ2n) is 12.5. The van der Waals surface area contributed by atoms with Crippen LogP contribution in [0.4, 0.5) is 9.59 Å². The van der Waals surface area contributed by atoms with Gasteiger partial charge in [0, 0.05) is 51.1 Å². The number of carbonyl (C=O) groups is 3. The predicted octanol–water partition coefficient (Wildman–Crippen LogP) is 3.51. The van der Waals surface area contributed by atoms with Crippen LogP contribution < -0.4 is 0 Å². The SMILES string of the molecule is C/C(=C\C=C\[C@@H](C)COC(=O)N1CCCC1)[C@H]1OC(=O)C[C@H](O)CC[C@@](C)(O)[C@@H](OC(=O)N2CCN(C)CC2)/C=C\[C@@H]1C. The van der Waals surface area contributed by atoms with Crippen LogP contribution in [0.3, 0.4) is 0 Å². The Morgan fingerprint density at radius 1 is 1.12 bits per heavy atom. The lowest BCUT2D eigenvalue weighted by molar-refractivity contribution is -0.151. The molecule has 0 spiro atoms. The number of hydrogen-bond acceptors (Lipinski definition) is 9. The number of nitrogens with zero attached hydrogens (tertiary/aromatic N) is 3. The summed E-state index contributed by atoms with van der Waals surface area (Å²) in [5.74, 6) is -0.875. The average molecular weight is 606 g/mol. The zero-order valence-corrected chi connectivity index (χ0v) is 26.4. The van der Waals surface area contributed by atoms with Crippen LogP contribution in [0, 0.1) is 11.8 Å². The van der Waals surface area contributed by atoms with Gasteiger partial charge in [0.25, 0.3) is 0 Å². The van der Waals surface area contributed by atoms with E-state index in [4.69, 9.17) is 14.2 Å². The predicted molar refractivity (Wildman–Crippen MR) is 162 cm³/mol. The molecule has 0 aromatic carbocycles. The van der Waals surface area contributed by atoms with Gasteiger partial charge in [-0.05, 0) is 58.2 Å². The summed E-state index contributed by atoms with van der Waals surface area (Å²) >= 11 is 0. The number of piperazine rings is 1. The quantitative estimate of drug-likeness (QED) is 0.202. The molecular formula is C32H51N3O8. The largest absolute Gasteiger partial charge is 0.457 e. The molecule has 3 heterocycles. The molecule has 0 bridgehead atoms. The molecule has 43 heavy (non-hydrogen) atoms. The van der Waals surface area contributed by atoms with E-state index in [-0.39, 0.29) is 43.8 Å². The highest BCUT2D eigenvalue weighted by atomic mass is 16.6. The fourth-order valence-corrected chi connectivity index (χ4v) is 5.36. The number of allylic oxidation sites excluding steroid dienone is 2. The Hall–Kier alpha value is -2.89. The molecule has 2 fully saturated rings. The molecule has 0 aromatic heterocycles. The molecule has 3 rings (SSSR count). The van der Waals surface area contributed by atoms with E-state index in [0.29, 0.717) is 13.1 Å². The maximum atomic E-state index is 13.0. The number of aliphatic hydroxyl groups excluding tert-OH is 1. The summed E-state index contributed by atoms with van der Waals surface area (Å²) in [6.07, 6.45) is 7.76. The van der Waals surface area contributed by atoms with Gasteiger partial charge in [-0.3, -0.25) is 4.79 Å². The van der Waals surface area contributed by atoms with Crippen molar-refractivity contribution in [2.24, 2.45) is 11.8 Å². The zero-order chi connectivity index (χ0) is 31.6. The van der Waals surface area contributed by atoms with Crippen LogP contribution >= 0.6 is 0 Å². The Kier molecular flexibility index (Phi) is 13.1. The van der Waals surface area contributed by atoms with Gasteiger partial charge in [0.05, 0.1) is 19.1 Å². The molecule has 0 aromatic rings. The first-order chi connectivity index (χ1) is 20.4. The van der Waals surface area contributed by atoms with E-state index < -0.39 is 36.0 Å². The van der Waals surface area contributed by atoms with Crippen molar-refractivity contribution in [3.63, 3.8) is 0 Å². The number of cyclic esters (lactones) is 1. The topological polar surface area (TPSA) is 129 Å². The van der Waals surface area contributed by atoms with Crippen molar-refractivity contribution in [3.8, 4) is 0 Å². The minimum absolute atomic E-state index is 0.0140. The third-order valence-corrected chi connectivity index (χ3v) is 8.40. The normalized spacial score (nSPS) is 31.6. The number of carbonyl (C=O) groups excluding carboxylic acids is 3. The van der Waals surface area contributed by atoms with Crippen LogP contribution in [0.15, 0.2) is 36.0 Å². The van der Waals surface area contributed by atoms with Crippen molar-refractivity contribution in [1.82, 2.24) is 14.7 Å². The summed E-state index contributed by atoms with van der Waals surface area (Å²) < 4.78 is 17.1. The number of esters is 1. The van der Waals surface area contributed by atoms with E-state index in [1.807, 2.05) is 46.0 Å². The van der Waals surface area contributed by atoms with Gasteiger partial charge in [-0.1, -0.05) is 38.2 Å². The highest BCUT2D eigenvalue weighted by molar-refractivity contribution is 5.70. The number of likely N-dealkylation sites (N-methyl/N-ethyl adjacent to an activating group) is 1. The minimum atomic E-state index is -1.46. The van der Waals surface area contributed by atoms with Crippen molar-refractivity contribution < 1.29 is 38.8 Å². The van der Waals surface area contributed by atoms with Gasteiger partial charge in [0.1, 0.15) is 11.7 Å². The highest BCUT2D eigenvalue weighted by Crippen LogP contribution is 2.27.